The molecule has 0 spiro atoms. The maximum Gasteiger partial charge on any atom is 0.258 e. The number of aromatic nitrogens is 2. The lowest BCUT2D eigenvalue weighted by Gasteiger charge is -2.09. The molecule has 3 aromatic rings. The van der Waals surface area contributed by atoms with Gasteiger partial charge in [-0.1, -0.05) is 47.1 Å². The van der Waals surface area contributed by atoms with Crippen LogP contribution in [0, 0.1) is 5.92 Å². The Morgan fingerprint density at radius 1 is 1.10 bits per heavy atom. The zero-order chi connectivity index (χ0) is 15.0. The number of nitrogens with two attached hydrogens (primary N) is 1. The van der Waals surface area contributed by atoms with Crippen molar-refractivity contribution in [1.29, 1.82) is 0 Å². The van der Waals surface area contributed by atoms with E-state index >= 15 is 0 Å². The number of nitrogens with zero attached hydrogens (tertiary/aromatic N) is 2. The second-order valence-corrected chi connectivity index (χ2v) is 6.35. The topological polar surface area (TPSA) is 64.9 Å². The summed E-state index contributed by atoms with van der Waals surface area (Å²) >= 11 is 3.47. The molecule has 0 aliphatic carbocycles. The zero-order valence-corrected chi connectivity index (χ0v) is 13.5. The number of benzene rings is 2. The molecule has 21 heavy (non-hydrogen) atoms. The summed E-state index contributed by atoms with van der Waals surface area (Å²) in [6, 6.07) is 12.0. The molecule has 0 saturated carbocycles. The average Bonchev–Trinajstić information content (AvgIpc) is 2.95. The Labute approximate surface area is 131 Å². The first-order chi connectivity index (χ1) is 10.0. The lowest BCUT2D eigenvalue weighted by Crippen LogP contribution is -2.18. The molecule has 0 aliphatic heterocycles. The van der Waals surface area contributed by atoms with Crippen LogP contribution in [-0.4, -0.2) is 10.1 Å². The van der Waals surface area contributed by atoms with E-state index in [1.54, 1.807) is 0 Å². The van der Waals surface area contributed by atoms with Gasteiger partial charge in [0.15, 0.2) is 5.82 Å². The molecular weight excluding hydrogens is 330 g/mol. The molecule has 0 amide bonds. The van der Waals surface area contributed by atoms with Gasteiger partial charge < -0.3 is 10.3 Å². The van der Waals surface area contributed by atoms with Crippen LogP contribution in [0.5, 0.6) is 0 Å². The van der Waals surface area contributed by atoms with Crippen molar-refractivity contribution in [2.45, 2.75) is 19.9 Å². The second-order valence-electron chi connectivity index (χ2n) is 5.43. The zero-order valence-electron chi connectivity index (χ0n) is 11.9. The molecule has 3 rings (SSSR count). The van der Waals surface area contributed by atoms with Gasteiger partial charge in [-0.25, -0.2) is 0 Å². The van der Waals surface area contributed by atoms with Crippen LogP contribution in [0.3, 0.4) is 0 Å². The Morgan fingerprint density at radius 2 is 1.81 bits per heavy atom. The molecule has 1 heterocycles. The monoisotopic (exact) mass is 345 g/mol. The van der Waals surface area contributed by atoms with E-state index in [1.165, 1.54) is 0 Å². The Balaban J connectivity index is 1.99. The van der Waals surface area contributed by atoms with Gasteiger partial charge in [0.2, 0.25) is 0 Å². The maximum atomic E-state index is 6.05. The predicted molar refractivity (Wildman–Crippen MR) is 86.7 cm³/mol. The summed E-state index contributed by atoms with van der Waals surface area (Å²) in [7, 11) is 0. The molecule has 108 valence electrons. The number of hydrogen-bond acceptors (Lipinski definition) is 4. The highest BCUT2D eigenvalue weighted by molar-refractivity contribution is 9.10. The minimum atomic E-state index is -0.209. The third kappa shape index (κ3) is 2.84. The van der Waals surface area contributed by atoms with Crippen molar-refractivity contribution < 1.29 is 4.52 Å². The van der Waals surface area contributed by atoms with Crippen molar-refractivity contribution in [2.24, 2.45) is 11.7 Å². The largest absolute Gasteiger partial charge is 0.334 e. The van der Waals surface area contributed by atoms with Crippen LogP contribution < -0.4 is 5.73 Å². The third-order valence-electron chi connectivity index (χ3n) is 3.51. The summed E-state index contributed by atoms with van der Waals surface area (Å²) in [5.41, 5.74) is 6.95. The van der Waals surface area contributed by atoms with Crippen LogP contribution in [0.4, 0.5) is 0 Å². The Bertz CT molecular complexity index is 782. The smallest absolute Gasteiger partial charge is 0.258 e. The molecule has 2 N–H and O–H groups in total. The highest BCUT2D eigenvalue weighted by Gasteiger charge is 2.18. The molecule has 0 radical (unpaired) electrons. The summed E-state index contributed by atoms with van der Waals surface area (Å²) in [5.74, 6) is 1.33. The molecule has 2 aromatic carbocycles. The van der Waals surface area contributed by atoms with E-state index in [-0.39, 0.29) is 12.0 Å². The molecule has 0 fully saturated rings. The van der Waals surface area contributed by atoms with Gasteiger partial charge in [0.25, 0.3) is 5.89 Å². The van der Waals surface area contributed by atoms with Crippen molar-refractivity contribution in [3.05, 3.63) is 46.7 Å². The molecular formula is C16H16BrN3O. The van der Waals surface area contributed by atoms with E-state index in [9.17, 15) is 0 Å². The summed E-state index contributed by atoms with van der Waals surface area (Å²) in [5, 5.41) is 6.28. The van der Waals surface area contributed by atoms with Crippen molar-refractivity contribution >= 4 is 26.7 Å². The lowest BCUT2D eigenvalue weighted by molar-refractivity contribution is 0.400. The normalized spacial score (nSPS) is 13.0. The number of hydrogen-bond donors (Lipinski definition) is 1. The first kappa shape index (κ1) is 14.2. The maximum absolute atomic E-state index is 6.05. The molecule has 5 heteroatoms. The lowest BCUT2D eigenvalue weighted by atomic mass is 10.1. The summed E-state index contributed by atoms with van der Waals surface area (Å²) in [4.78, 5) is 4.41. The fraction of sp³-hybridized carbons (Fsp3) is 0.250. The summed E-state index contributed by atoms with van der Waals surface area (Å²) in [6.07, 6.45) is 0. The molecule has 0 saturated heterocycles. The van der Waals surface area contributed by atoms with Gasteiger partial charge in [0.05, 0.1) is 6.04 Å². The molecule has 1 unspecified atom stereocenters. The number of halogens is 1. The molecule has 0 aliphatic rings. The minimum absolute atomic E-state index is 0.209. The molecule has 1 atom stereocenters. The van der Waals surface area contributed by atoms with Gasteiger partial charge in [0.1, 0.15) is 0 Å². The van der Waals surface area contributed by atoms with Gasteiger partial charge >= 0.3 is 0 Å². The van der Waals surface area contributed by atoms with E-state index in [0.717, 1.165) is 20.8 Å². The quantitative estimate of drug-likeness (QED) is 0.768. The first-order valence-corrected chi connectivity index (χ1v) is 7.63. The third-order valence-corrected chi connectivity index (χ3v) is 4.00. The summed E-state index contributed by atoms with van der Waals surface area (Å²) in [6.45, 7) is 4.07. The summed E-state index contributed by atoms with van der Waals surface area (Å²) < 4.78 is 6.41. The fourth-order valence-electron chi connectivity index (χ4n) is 2.14. The minimum Gasteiger partial charge on any atom is -0.334 e. The van der Waals surface area contributed by atoms with Crippen LogP contribution in [0.25, 0.3) is 22.2 Å². The highest BCUT2D eigenvalue weighted by atomic mass is 79.9. The van der Waals surface area contributed by atoms with E-state index in [4.69, 9.17) is 10.3 Å². The number of rotatable bonds is 3. The van der Waals surface area contributed by atoms with Gasteiger partial charge in [0, 0.05) is 10.0 Å². The van der Waals surface area contributed by atoms with Crippen LogP contribution in [0.15, 0.2) is 45.4 Å². The number of fused-ring (bicyclic) bond motifs is 1. The van der Waals surface area contributed by atoms with Crippen LogP contribution in [0.1, 0.15) is 25.7 Å². The van der Waals surface area contributed by atoms with E-state index in [2.05, 4.69) is 38.2 Å². The van der Waals surface area contributed by atoms with Crippen molar-refractivity contribution in [1.82, 2.24) is 10.1 Å². The fourth-order valence-corrected chi connectivity index (χ4v) is 2.51. The Morgan fingerprint density at radius 3 is 2.57 bits per heavy atom. The van der Waals surface area contributed by atoms with Gasteiger partial charge in [-0.05, 0) is 41.0 Å². The van der Waals surface area contributed by atoms with Gasteiger partial charge in [-0.3, -0.25) is 0 Å². The van der Waals surface area contributed by atoms with Crippen LogP contribution in [-0.2, 0) is 0 Å². The average molecular weight is 346 g/mol. The van der Waals surface area contributed by atoms with Crippen molar-refractivity contribution in [3.63, 3.8) is 0 Å². The Kier molecular flexibility index (Phi) is 3.78. The standard InChI is InChI=1S/C16H16BrN3O/c1-9(2)14(18)15-19-16(21-20-15)12-4-3-11-8-13(17)6-5-10(11)7-12/h3-9,14H,18H2,1-2H3. The van der Waals surface area contributed by atoms with Crippen molar-refractivity contribution in [2.75, 3.05) is 0 Å². The molecule has 4 nitrogen and oxygen atoms in total. The van der Waals surface area contributed by atoms with Gasteiger partial charge in [-0.2, -0.15) is 4.98 Å². The van der Waals surface area contributed by atoms with Crippen LogP contribution >= 0.6 is 15.9 Å². The van der Waals surface area contributed by atoms with Gasteiger partial charge in [-0.15, -0.1) is 0 Å². The van der Waals surface area contributed by atoms with E-state index in [1.807, 2.05) is 38.1 Å². The van der Waals surface area contributed by atoms with Crippen LogP contribution in [0.2, 0.25) is 0 Å². The SMILES string of the molecule is CC(C)C(N)c1noc(-c2ccc3cc(Br)ccc3c2)n1. The van der Waals surface area contributed by atoms with Crippen molar-refractivity contribution in [3.8, 4) is 11.5 Å². The van der Waals surface area contributed by atoms with E-state index in [0.29, 0.717) is 11.7 Å². The highest BCUT2D eigenvalue weighted by Crippen LogP contribution is 2.26. The second kappa shape index (κ2) is 5.58. The first-order valence-electron chi connectivity index (χ1n) is 6.83. The molecule has 1 aromatic heterocycles. The molecule has 0 bridgehead atoms. The predicted octanol–water partition coefficient (Wildman–Crippen LogP) is 4.31. The van der Waals surface area contributed by atoms with E-state index < -0.39 is 0 Å². The Hall–Kier alpha value is -1.72.